The Kier molecular flexibility index (Phi) is 7.61. The third kappa shape index (κ3) is 5.96. The molecule has 10 heteroatoms. The van der Waals surface area contributed by atoms with Crippen molar-refractivity contribution >= 4 is 23.4 Å². The van der Waals surface area contributed by atoms with Crippen molar-refractivity contribution in [3.63, 3.8) is 0 Å². The monoisotopic (exact) mass is 496 g/mol. The number of carbonyl (C=O) groups excluding carboxylic acids is 1. The van der Waals surface area contributed by atoms with Crippen LogP contribution in [-0.4, -0.2) is 33.5 Å². The summed E-state index contributed by atoms with van der Waals surface area (Å²) in [4.78, 5) is 12.4. The number of ether oxygens (including phenoxy) is 2. The van der Waals surface area contributed by atoms with Gasteiger partial charge < -0.3 is 14.8 Å². The lowest BCUT2D eigenvalue weighted by Crippen LogP contribution is -2.16. The first-order valence-corrected chi connectivity index (χ1v) is 11.6. The lowest BCUT2D eigenvalue weighted by Gasteiger charge is -2.17. The molecule has 0 bridgehead atoms. The number of aromatic nitrogens is 3. The molecule has 7 nitrogen and oxygen atoms in total. The van der Waals surface area contributed by atoms with Gasteiger partial charge in [0.25, 0.3) is 0 Å². The second-order valence-electron chi connectivity index (χ2n) is 7.41. The molecule has 4 aromatic rings. The Labute approximate surface area is 205 Å². The van der Waals surface area contributed by atoms with Crippen LogP contribution in [0.15, 0.2) is 78.0 Å². The predicted molar refractivity (Wildman–Crippen MR) is 129 cm³/mol. The van der Waals surface area contributed by atoms with E-state index in [1.807, 2.05) is 41.8 Å². The summed E-state index contributed by atoms with van der Waals surface area (Å²) in [7, 11) is 1.59. The smallest absolute Gasteiger partial charge is 0.234 e. The average Bonchev–Trinajstić information content (AvgIpc) is 3.30. The quantitative estimate of drug-likeness (QED) is 0.312. The van der Waals surface area contributed by atoms with Crippen molar-refractivity contribution in [2.75, 3.05) is 18.2 Å². The van der Waals surface area contributed by atoms with Gasteiger partial charge in [0, 0.05) is 11.8 Å². The van der Waals surface area contributed by atoms with E-state index in [1.165, 1.54) is 6.07 Å². The molecule has 3 aromatic carbocycles. The summed E-state index contributed by atoms with van der Waals surface area (Å²) in [6.07, 6.45) is -0.465. The number of amides is 1. The number of benzene rings is 3. The van der Waals surface area contributed by atoms with Crippen LogP contribution in [0.1, 0.15) is 18.9 Å². The number of carbonyl (C=O) groups is 1. The van der Waals surface area contributed by atoms with Crippen LogP contribution in [0.25, 0.3) is 5.69 Å². The van der Waals surface area contributed by atoms with Crippen molar-refractivity contribution in [2.45, 2.75) is 18.2 Å². The molecule has 1 heterocycles. The van der Waals surface area contributed by atoms with Crippen molar-refractivity contribution in [2.24, 2.45) is 0 Å². The standard InChI is InChI=1S/C25H22F2N4O3S/c1-16(34-20-11-9-19(33-2)10-12-20)24-29-30-25(31(24)18-6-4-3-5-7-18)35-15-23(32)28-22-13-8-17(26)14-21(22)27/h3-14,16H,15H2,1-2H3,(H,28,32). The number of thioether (sulfide) groups is 1. The van der Waals surface area contributed by atoms with Crippen molar-refractivity contribution in [3.8, 4) is 17.2 Å². The number of para-hydroxylation sites is 1. The first-order chi connectivity index (χ1) is 16.9. The molecule has 1 N–H and O–H groups in total. The van der Waals surface area contributed by atoms with Crippen molar-refractivity contribution in [1.82, 2.24) is 14.8 Å². The molecule has 0 saturated heterocycles. The molecular formula is C25H22F2N4O3S. The van der Waals surface area contributed by atoms with E-state index in [2.05, 4.69) is 15.5 Å². The van der Waals surface area contributed by atoms with Crippen LogP contribution in [0.2, 0.25) is 0 Å². The number of hydrogen-bond donors (Lipinski definition) is 1. The van der Waals surface area contributed by atoms with E-state index in [0.29, 0.717) is 22.8 Å². The summed E-state index contributed by atoms with van der Waals surface area (Å²) in [6.45, 7) is 1.85. The van der Waals surface area contributed by atoms with E-state index >= 15 is 0 Å². The van der Waals surface area contributed by atoms with E-state index < -0.39 is 23.6 Å². The van der Waals surface area contributed by atoms with Gasteiger partial charge in [-0.15, -0.1) is 10.2 Å². The molecule has 1 amide bonds. The lowest BCUT2D eigenvalue weighted by atomic mass is 10.3. The molecule has 1 aromatic heterocycles. The molecule has 35 heavy (non-hydrogen) atoms. The Morgan fingerprint density at radius 3 is 2.43 bits per heavy atom. The first-order valence-electron chi connectivity index (χ1n) is 10.6. The van der Waals surface area contributed by atoms with Gasteiger partial charge in [0.1, 0.15) is 23.1 Å². The fourth-order valence-corrected chi connectivity index (χ4v) is 4.04. The van der Waals surface area contributed by atoms with Gasteiger partial charge in [0.05, 0.1) is 18.6 Å². The molecule has 1 unspecified atom stereocenters. The third-order valence-corrected chi connectivity index (χ3v) is 5.88. The predicted octanol–water partition coefficient (Wildman–Crippen LogP) is 5.42. The Bertz CT molecular complexity index is 1300. The average molecular weight is 497 g/mol. The highest BCUT2D eigenvalue weighted by Crippen LogP contribution is 2.29. The van der Waals surface area contributed by atoms with Crippen LogP contribution in [0.4, 0.5) is 14.5 Å². The van der Waals surface area contributed by atoms with Crippen LogP contribution in [0.5, 0.6) is 11.5 Å². The summed E-state index contributed by atoms with van der Waals surface area (Å²) in [5, 5.41) is 11.5. The van der Waals surface area contributed by atoms with Crippen LogP contribution in [0.3, 0.4) is 0 Å². The lowest BCUT2D eigenvalue weighted by molar-refractivity contribution is -0.113. The zero-order valence-electron chi connectivity index (χ0n) is 18.9. The number of rotatable bonds is 9. The minimum atomic E-state index is -0.845. The summed E-state index contributed by atoms with van der Waals surface area (Å²) >= 11 is 1.14. The van der Waals surface area contributed by atoms with Crippen LogP contribution >= 0.6 is 11.8 Å². The molecule has 0 spiro atoms. The number of hydrogen-bond acceptors (Lipinski definition) is 6. The van der Waals surface area contributed by atoms with Gasteiger partial charge in [-0.25, -0.2) is 8.78 Å². The molecule has 0 aliphatic carbocycles. The maximum atomic E-state index is 13.9. The number of methoxy groups -OCH3 is 1. The van der Waals surface area contributed by atoms with Gasteiger partial charge in [0.15, 0.2) is 17.1 Å². The van der Waals surface area contributed by atoms with E-state index in [1.54, 1.807) is 31.4 Å². The van der Waals surface area contributed by atoms with E-state index in [0.717, 1.165) is 29.3 Å². The molecule has 0 fully saturated rings. The zero-order chi connectivity index (χ0) is 24.8. The number of nitrogens with one attached hydrogen (secondary N) is 1. The summed E-state index contributed by atoms with van der Waals surface area (Å²) in [6, 6.07) is 19.6. The van der Waals surface area contributed by atoms with E-state index in [4.69, 9.17) is 9.47 Å². The van der Waals surface area contributed by atoms with E-state index in [9.17, 15) is 13.6 Å². The Morgan fingerprint density at radius 2 is 1.74 bits per heavy atom. The van der Waals surface area contributed by atoms with E-state index in [-0.39, 0.29) is 11.4 Å². The maximum Gasteiger partial charge on any atom is 0.234 e. The second kappa shape index (κ2) is 11.0. The van der Waals surface area contributed by atoms with Crippen LogP contribution in [0, 0.1) is 11.6 Å². The highest BCUT2D eigenvalue weighted by Gasteiger charge is 2.22. The first kappa shape index (κ1) is 24.2. The largest absolute Gasteiger partial charge is 0.497 e. The van der Waals surface area contributed by atoms with Gasteiger partial charge in [0.2, 0.25) is 5.91 Å². The minimum Gasteiger partial charge on any atom is -0.497 e. The number of halogens is 2. The van der Waals surface area contributed by atoms with Gasteiger partial charge >= 0.3 is 0 Å². The molecule has 0 radical (unpaired) electrons. The maximum absolute atomic E-state index is 13.9. The summed E-state index contributed by atoms with van der Waals surface area (Å²) in [5.41, 5.74) is 0.703. The van der Waals surface area contributed by atoms with Gasteiger partial charge in [-0.2, -0.15) is 0 Å². The van der Waals surface area contributed by atoms with Crippen molar-refractivity contribution in [1.29, 1.82) is 0 Å². The van der Waals surface area contributed by atoms with Crippen LogP contribution < -0.4 is 14.8 Å². The number of anilines is 1. The molecule has 0 aliphatic heterocycles. The molecule has 4 rings (SSSR count). The summed E-state index contributed by atoms with van der Waals surface area (Å²) < 4.78 is 40.0. The molecule has 0 aliphatic rings. The Morgan fingerprint density at radius 1 is 1.03 bits per heavy atom. The Hall–Kier alpha value is -3.92. The molecule has 180 valence electrons. The van der Waals surface area contributed by atoms with Crippen molar-refractivity contribution < 1.29 is 23.0 Å². The van der Waals surface area contributed by atoms with Crippen LogP contribution in [-0.2, 0) is 4.79 Å². The highest BCUT2D eigenvalue weighted by atomic mass is 32.2. The zero-order valence-corrected chi connectivity index (χ0v) is 19.8. The molecular weight excluding hydrogens is 474 g/mol. The molecule has 0 saturated carbocycles. The molecule has 1 atom stereocenters. The van der Waals surface area contributed by atoms with Gasteiger partial charge in [-0.05, 0) is 55.5 Å². The van der Waals surface area contributed by atoms with Crippen molar-refractivity contribution in [3.05, 3.63) is 90.3 Å². The second-order valence-corrected chi connectivity index (χ2v) is 8.35. The fraction of sp³-hybridized carbons (Fsp3) is 0.160. The minimum absolute atomic E-state index is 0.0600. The fourth-order valence-electron chi connectivity index (χ4n) is 3.28. The summed E-state index contributed by atoms with van der Waals surface area (Å²) in [5.74, 6) is -0.195. The SMILES string of the molecule is COc1ccc(OC(C)c2nnc(SCC(=O)Nc3ccc(F)cc3F)n2-c2ccccc2)cc1. The normalized spacial score (nSPS) is 11.7. The highest BCUT2D eigenvalue weighted by molar-refractivity contribution is 7.99. The van der Waals surface area contributed by atoms with Gasteiger partial charge in [-0.3, -0.25) is 9.36 Å². The van der Waals surface area contributed by atoms with Gasteiger partial charge in [-0.1, -0.05) is 30.0 Å². The topological polar surface area (TPSA) is 78.3 Å². The third-order valence-electron chi connectivity index (χ3n) is 4.95. The Balaban J connectivity index is 1.52. The number of nitrogens with zero attached hydrogens (tertiary/aromatic N) is 3.